The summed E-state index contributed by atoms with van der Waals surface area (Å²) in [5, 5.41) is 18.4. The van der Waals surface area contributed by atoms with E-state index in [-0.39, 0.29) is 23.7 Å². The molecule has 0 radical (unpaired) electrons. The highest BCUT2D eigenvalue weighted by molar-refractivity contribution is 5.90. The molecule has 0 aliphatic heterocycles. The monoisotopic (exact) mass is 353 g/mol. The minimum atomic E-state index is -0.320. The van der Waals surface area contributed by atoms with Crippen LogP contribution in [0.2, 0.25) is 0 Å². The van der Waals surface area contributed by atoms with Crippen LogP contribution in [0, 0.1) is 0 Å². The Kier molecular flexibility index (Phi) is 3.98. The van der Waals surface area contributed by atoms with E-state index in [4.69, 9.17) is 4.52 Å². The number of nitrogens with one attached hydrogen (secondary N) is 1. The molecule has 1 aliphatic rings. The summed E-state index contributed by atoms with van der Waals surface area (Å²) in [6, 6.07) is 5.97. The number of hydrogen-bond acceptors (Lipinski definition) is 7. The second-order valence-electron chi connectivity index (χ2n) is 6.69. The number of tetrazole rings is 1. The summed E-state index contributed by atoms with van der Waals surface area (Å²) in [5.41, 5.74) is 3.19. The van der Waals surface area contributed by atoms with Gasteiger partial charge in [0, 0.05) is 11.5 Å². The van der Waals surface area contributed by atoms with Crippen molar-refractivity contribution in [3.63, 3.8) is 0 Å². The molecule has 4 rings (SSSR count). The molecule has 1 aliphatic carbocycles. The highest BCUT2D eigenvalue weighted by atomic mass is 16.5. The van der Waals surface area contributed by atoms with Gasteiger partial charge in [0.2, 0.25) is 11.7 Å². The number of hydrogen-bond donors (Lipinski definition) is 1. The van der Waals surface area contributed by atoms with Crippen molar-refractivity contribution in [1.82, 2.24) is 35.7 Å². The van der Waals surface area contributed by atoms with Crippen molar-refractivity contribution in [1.29, 1.82) is 0 Å². The third-order valence-electron chi connectivity index (χ3n) is 4.43. The van der Waals surface area contributed by atoms with Gasteiger partial charge < -0.3 is 9.84 Å². The number of aromatic nitrogens is 6. The van der Waals surface area contributed by atoms with Gasteiger partial charge in [-0.2, -0.15) is 9.78 Å². The third-order valence-corrected chi connectivity index (χ3v) is 4.43. The fourth-order valence-electron chi connectivity index (χ4n) is 3.09. The predicted octanol–water partition coefficient (Wildman–Crippen LogP) is 1.80. The van der Waals surface area contributed by atoms with Crippen LogP contribution >= 0.6 is 0 Å². The highest BCUT2D eigenvalue weighted by Crippen LogP contribution is 2.34. The SMILES string of the molecule is CC(C)c1nc(-c2ccc3c(c2)CC[C@H]3NC(=O)c2nnn(C)n2)no1. The van der Waals surface area contributed by atoms with Gasteiger partial charge in [0.15, 0.2) is 0 Å². The minimum Gasteiger partial charge on any atom is -0.342 e. The fourth-order valence-corrected chi connectivity index (χ4v) is 3.09. The molecule has 26 heavy (non-hydrogen) atoms. The first-order valence-corrected chi connectivity index (χ1v) is 8.53. The molecule has 0 saturated heterocycles. The van der Waals surface area contributed by atoms with Crippen LogP contribution in [0.3, 0.4) is 0 Å². The number of nitrogens with zero attached hydrogens (tertiary/aromatic N) is 6. The Hall–Kier alpha value is -3.10. The molecule has 1 amide bonds. The molecule has 134 valence electrons. The Balaban J connectivity index is 1.53. The molecule has 9 nitrogen and oxygen atoms in total. The summed E-state index contributed by atoms with van der Waals surface area (Å²) < 4.78 is 5.28. The molecule has 9 heteroatoms. The van der Waals surface area contributed by atoms with Crippen molar-refractivity contribution in [2.75, 3.05) is 0 Å². The van der Waals surface area contributed by atoms with E-state index in [2.05, 4.69) is 36.9 Å². The van der Waals surface area contributed by atoms with Crippen LogP contribution in [0.1, 0.15) is 59.9 Å². The quantitative estimate of drug-likeness (QED) is 0.761. The largest absolute Gasteiger partial charge is 0.342 e. The maximum atomic E-state index is 12.3. The van der Waals surface area contributed by atoms with Crippen LogP contribution in [0.4, 0.5) is 0 Å². The molecule has 0 spiro atoms. The topological polar surface area (TPSA) is 112 Å². The van der Waals surface area contributed by atoms with Gasteiger partial charge in [-0.05, 0) is 35.2 Å². The van der Waals surface area contributed by atoms with Crippen molar-refractivity contribution in [2.45, 2.75) is 38.6 Å². The Morgan fingerprint density at radius 2 is 2.23 bits per heavy atom. The number of benzene rings is 1. The van der Waals surface area contributed by atoms with Crippen molar-refractivity contribution >= 4 is 5.91 Å². The van der Waals surface area contributed by atoms with Gasteiger partial charge in [0.1, 0.15) is 0 Å². The van der Waals surface area contributed by atoms with Gasteiger partial charge in [-0.1, -0.05) is 31.1 Å². The van der Waals surface area contributed by atoms with Gasteiger partial charge >= 0.3 is 0 Å². The van der Waals surface area contributed by atoms with E-state index in [1.54, 1.807) is 7.05 Å². The van der Waals surface area contributed by atoms with Crippen molar-refractivity contribution in [3.05, 3.63) is 41.0 Å². The summed E-state index contributed by atoms with van der Waals surface area (Å²) in [6.07, 6.45) is 1.70. The molecular weight excluding hydrogens is 334 g/mol. The van der Waals surface area contributed by atoms with Crippen LogP contribution in [-0.2, 0) is 13.5 Å². The lowest BCUT2D eigenvalue weighted by Crippen LogP contribution is -2.28. The lowest BCUT2D eigenvalue weighted by molar-refractivity contribution is 0.0926. The van der Waals surface area contributed by atoms with Crippen molar-refractivity contribution < 1.29 is 9.32 Å². The Morgan fingerprint density at radius 1 is 1.38 bits per heavy atom. The summed E-state index contributed by atoms with van der Waals surface area (Å²) in [6.45, 7) is 4.03. The van der Waals surface area contributed by atoms with Crippen molar-refractivity contribution in [3.8, 4) is 11.4 Å². The van der Waals surface area contributed by atoms with Gasteiger partial charge in [0.05, 0.1) is 13.1 Å². The highest BCUT2D eigenvalue weighted by Gasteiger charge is 2.26. The molecule has 1 N–H and O–H groups in total. The number of carbonyl (C=O) groups excluding carboxylic acids is 1. The van der Waals surface area contributed by atoms with Crippen LogP contribution < -0.4 is 5.32 Å². The van der Waals surface area contributed by atoms with Crippen LogP contribution in [-0.4, -0.2) is 36.3 Å². The summed E-state index contributed by atoms with van der Waals surface area (Å²) in [4.78, 5) is 18.0. The maximum absolute atomic E-state index is 12.3. The minimum absolute atomic E-state index is 0.0631. The first-order chi connectivity index (χ1) is 12.5. The zero-order valence-corrected chi connectivity index (χ0v) is 14.8. The standard InChI is InChI=1S/C17H19N7O2/c1-9(2)17-19-14(22-26-17)11-4-6-12-10(8-11)5-7-13(12)18-16(25)15-20-23-24(3)21-15/h4,6,8-9,13H,5,7H2,1-3H3,(H,18,25)/t13-/m1/s1. The van der Waals surface area contributed by atoms with E-state index in [0.717, 1.165) is 24.0 Å². The normalized spacial score (nSPS) is 16.1. The van der Waals surface area contributed by atoms with E-state index in [9.17, 15) is 4.79 Å². The Labute approximate surface area is 149 Å². The predicted molar refractivity (Wildman–Crippen MR) is 91.1 cm³/mol. The molecule has 0 unspecified atom stereocenters. The molecule has 1 aromatic carbocycles. The van der Waals surface area contributed by atoms with E-state index < -0.39 is 0 Å². The zero-order chi connectivity index (χ0) is 18.3. The van der Waals surface area contributed by atoms with Crippen LogP contribution in [0.15, 0.2) is 22.7 Å². The van der Waals surface area contributed by atoms with E-state index in [0.29, 0.717) is 11.7 Å². The maximum Gasteiger partial charge on any atom is 0.293 e. The summed E-state index contributed by atoms with van der Waals surface area (Å²) in [7, 11) is 1.62. The Bertz CT molecular complexity index is 960. The number of fused-ring (bicyclic) bond motifs is 1. The van der Waals surface area contributed by atoms with E-state index in [1.165, 1.54) is 10.4 Å². The molecule has 2 heterocycles. The summed E-state index contributed by atoms with van der Waals surface area (Å²) >= 11 is 0. The second-order valence-corrected chi connectivity index (χ2v) is 6.69. The molecule has 0 saturated carbocycles. The van der Waals surface area contributed by atoms with E-state index in [1.807, 2.05) is 26.0 Å². The number of carbonyl (C=O) groups is 1. The second kappa shape index (κ2) is 6.32. The molecule has 0 bridgehead atoms. The van der Waals surface area contributed by atoms with Gasteiger partial charge in [-0.15, -0.1) is 10.2 Å². The fraction of sp³-hybridized carbons (Fsp3) is 0.412. The average molecular weight is 353 g/mol. The number of rotatable bonds is 4. The van der Waals surface area contributed by atoms with Crippen LogP contribution in [0.25, 0.3) is 11.4 Å². The smallest absolute Gasteiger partial charge is 0.293 e. The lowest BCUT2D eigenvalue weighted by atomic mass is 10.0. The third kappa shape index (κ3) is 2.96. The lowest BCUT2D eigenvalue weighted by Gasteiger charge is -2.12. The first kappa shape index (κ1) is 16.4. The van der Waals surface area contributed by atoms with Crippen molar-refractivity contribution in [2.24, 2.45) is 7.05 Å². The van der Waals surface area contributed by atoms with Crippen LogP contribution in [0.5, 0.6) is 0 Å². The molecular formula is C17H19N7O2. The first-order valence-electron chi connectivity index (χ1n) is 8.53. The number of aryl methyl sites for hydroxylation is 2. The zero-order valence-electron chi connectivity index (χ0n) is 14.8. The molecule has 0 fully saturated rings. The average Bonchev–Trinajstić information content (AvgIpc) is 3.34. The molecule has 1 atom stereocenters. The van der Waals surface area contributed by atoms with Gasteiger partial charge in [0.25, 0.3) is 11.7 Å². The number of amides is 1. The molecule has 3 aromatic rings. The summed E-state index contributed by atoms with van der Waals surface area (Å²) in [5.74, 6) is 1.17. The Morgan fingerprint density at radius 3 is 2.92 bits per heavy atom. The van der Waals surface area contributed by atoms with E-state index >= 15 is 0 Å². The van der Waals surface area contributed by atoms with Gasteiger partial charge in [-0.3, -0.25) is 4.79 Å². The molecule has 2 aromatic heterocycles. The van der Waals surface area contributed by atoms with Gasteiger partial charge in [-0.25, -0.2) is 0 Å².